The number of halogens is 2. The molecule has 4 aromatic rings. The number of methoxy groups -OCH3 is 2. The van der Waals surface area contributed by atoms with Crippen LogP contribution < -0.4 is 14.8 Å². The van der Waals surface area contributed by atoms with Crippen molar-refractivity contribution in [3.63, 3.8) is 0 Å². The Balaban J connectivity index is 1.42. The maximum absolute atomic E-state index is 13.4. The summed E-state index contributed by atoms with van der Waals surface area (Å²) in [5, 5.41) is 12.6. The lowest BCUT2D eigenvalue weighted by Gasteiger charge is -2.23. The van der Waals surface area contributed by atoms with Gasteiger partial charge in [-0.2, -0.15) is 0 Å². The van der Waals surface area contributed by atoms with Crippen LogP contribution >= 0.6 is 38.9 Å². The number of ether oxygens (including phenoxy) is 2. The third-order valence-corrected chi connectivity index (χ3v) is 7.50. The molecule has 39 heavy (non-hydrogen) atoms. The van der Waals surface area contributed by atoms with Gasteiger partial charge in [0, 0.05) is 40.1 Å². The summed E-state index contributed by atoms with van der Waals surface area (Å²) in [7, 11) is 3.16. The number of hydrogen-bond acceptors (Lipinski definition) is 7. The zero-order chi connectivity index (χ0) is 27.8. The third-order valence-electron chi connectivity index (χ3n) is 5.85. The Hall–Kier alpha value is -3.47. The molecule has 0 spiro atoms. The Labute approximate surface area is 244 Å². The quantitative estimate of drug-likeness (QED) is 0.208. The molecule has 0 saturated heterocycles. The van der Waals surface area contributed by atoms with E-state index in [1.54, 1.807) is 43.4 Å². The summed E-state index contributed by atoms with van der Waals surface area (Å²) in [6.45, 7) is 0.601. The predicted molar refractivity (Wildman–Crippen MR) is 157 cm³/mol. The number of rotatable bonds is 11. The van der Waals surface area contributed by atoms with Gasteiger partial charge in [0.15, 0.2) is 11.5 Å². The van der Waals surface area contributed by atoms with Crippen LogP contribution in [-0.2, 0) is 11.2 Å². The van der Waals surface area contributed by atoms with E-state index >= 15 is 0 Å². The van der Waals surface area contributed by atoms with E-state index in [2.05, 4.69) is 31.4 Å². The van der Waals surface area contributed by atoms with Crippen LogP contribution in [0.2, 0.25) is 5.02 Å². The minimum absolute atomic E-state index is 0.0887. The van der Waals surface area contributed by atoms with Crippen LogP contribution in [0.25, 0.3) is 10.6 Å². The van der Waals surface area contributed by atoms with Crippen molar-refractivity contribution >= 4 is 55.8 Å². The van der Waals surface area contributed by atoms with Gasteiger partial charge in [0.25, 0.3) is 5.91 Å². The van der Waals surface area contributed by atoms with Crippen LogP contribution in [0.5, 0.6) is 11.5 Å². The molecule has 3 aromatic carbocycles. The standard InChI is InChI=1S/C28H26BrClN4O4S/c1-37-23-11-6-18(16-24(23)38-2)12-14-34(27(36)20-4-3-5-22(30)17-20)15-13-25(35)31-28-33-32-26(39-28)19-7-9-21(29)10-8-19/h3-11,16-17H,12-15H2,1-2H3,(H,31,33,35). The van der Waals surface area contributed by atoms with Crippen LogP contribution in [0.3, 0.4) is 0 Å². The zero-order valence-electron chi connectivity index (χ0n) is 21.3. The summed E-state index contributed by atoms with van der Waals surface area (Å²) in [5.41, 5.74) is 2.33. The first-order valence-corrected chi connectivity index (χ1v) is 14.0. The minimum atomic E-state index is -0.261. The highest BCUT2D eigenvalue weighted by molar-refractivity contribution is 9.10. The molecule has 0 aliphatic rings. The lowest BCUT2D eigenvalue weighted by atomic mass is 10.1. The van der Waals surface area contributed by atoms with Crippen molar-refractivity contribution in [1.29, 1.82) is 0 Å². The smallest absolute Gasteiger partial charge is 0.253 e. The maximum atomic E-state index is 13.4. The molecule has 0 aliphatic heterocycles. The van der Waals surface area contributed by atoms with Gasteiger partial charge in [0.2, 0.25) is 11.0 Å². The van der Waals surface area contributed by atoms with E-state index in [1.807, 2.05) is 42.5 Å². The highest BCUT2D eigenvalue weighted by Crippen LogP contribution is 2.29. The van der Waals surface area contributed by atoms with Crippen LogP contribution in [0.4, 0.5) is 5.13 Å². The first kappa shape index (κ1) is 28.5. The van der Waals surface area contributed by atoms with Crippen molar-refractivity contribution in [2.24, 2.45) is 0 Å². The molecular weight excluding hydrogens is 604 g/mol. The Kier molecular flexibility index (Phi) is 9.91. The van der Waals surface area contributed by atoms with Gasteiger partial charge in [-0.25, -0.2) is 0 Å². The van der Waals surface area contributed by atoms with Crippen molar-refractivity contribution in [2.75, 3.05) is 32.6 Å². The number of amides is 2. The monoisotopic (exact) mass is 628 g/mol. The number of anilines is 1. The van der Waals surface area contributed by atoms with E-state index in [-0.39, 0.29) is 24.8 Å². The summed E-state index contributed by atoms with van der Waals surface area (Å²) in [6.07, 6.45) is 0.646. The second kappa shape index (κ2) is 13.5. The van der Waals surface area contributed by atoms with Gasteiger partial charge >= 0.3 is 0 Å². The molecule has 4 rings (SSSR count). The maximum Gasteiger partial charge on any atom is 0.253 e. The Morgan fingerprint density at radius 1 is 0.974 bits per heavy atom. The number of carbonyl (C=O) groups excluding carboxylic acids is 2. The molecule has 1 aromatic heterocycles. The van der Waals surface area contributed by atoms with Gasteiger partial charge in [-0.05, 0) is 54.4 Å². The van der Waals surface area contributed by atoms with Crippen molar-refractivity contribution in [2.45, 2.75) is 12.8 Å². The Morgan fingerprint density at radius 2 is 1.74 bits per heavy atom. The molecule has 1 N–H and O–H groups in total. The van der Waals surface area contributed by atoms with Gasteiger partial charge in [-0.1, -0.05) is 63.1 Å². The fourth-order valence-electron chi connectivity index (χ4n) is 3.82. The molecule has 202 valence electrons. The van der Waals surface area contributed by atoms with Gasteiger partial charge in [0.1, 0.15) is 5.01 Å². The Bertz CT molecular complexity index is 1450. The van der Waals surface area contributed by atoms with E-state index in [0.29, 0.717) is 45.2 Å². The summed E-state index contributed by atoms with van der Waals surface area (Å²) in [4.78, 5) is 27.8. The van der Waals surface area contributed by atoms with Crippen LogP contribution in [0.15, 0.2) is 71.2 Å². The molecule has 8 nitrogen and oxygen atoms in total. The molecule has 0 fully saturated rings. The summed E-state index contributed by atoms with van der Waals surface area (Å²) >= 11 is 10.8. The average Bonchev–Trinajstić information content (AvgIpc) is 3.41. The van der Waals surface area contributed by atoms with Crippen molar-refractivity contribution in [3.8, 4) is 22.1 Å². The van der Waals surface area contributed by atoms with Gasteiger partial charge in [-0.3, -0.25) is 9.59 Å². The average molecular weight is 630 g/mol. The van der Waals surface area contributed by atoms with E-state index in [0.717, 1.165) is 15.6 Å². The summed E-state index contributed by atoms with van der Waals surface area (Å²) < 4.78 is 11.7. The number of nitrogens with zero attached hydrogens (tertiary/aromatic N) is 3. The van der Waals surface area contributed by atoms with E-state index in [4.69, 9.17) is 21.1 Å². The van der Waals surface area contributed by atoms with Crippen LogP contribution in [0, 0.1) is 0 Å². The largest absolute Gasteiger partial charge is 0.493 e. The second-order valence-electron chi connectivity index (χ2n) is 8.46. The normalized spacial score (nSPS) is 10.7. The molecule has 0 aliphatic carbocycles. The number of benzene rings is 3. The van der Waals surface area contributed by atoms with E-state index in [9.17, 15) is 9.59 Å². The van der Waals surface area contributed by atoms with Gasteiger partial charge in [-0.15, -0.1) is 10.2 Å². The topological polar surface area (TPSA) is 93.6 Å². The fraction of sp³-hybridized carbons (Fsp3) is 0.214. The summed E-state index contributed by atoms with van der Waals surface area (Å²) in [6, 6.07) is 20.1. The molecule has 1 heterocycles. The molecular formula is C28H26BrClN4O4S. The summed E-state index contributed by atoms with van der Waals surface area (Å²) in [5.74, 6) is 0.772. The SMILES string of the molecule is COc1ccc(CCN(CCC(=O)Nc2nnc(-c3ccc(Br)cc3)s2)C(=O)c2cccc(Cl)c2)cc1OC. The highest BCUT2D eigenvalue weighted by atomic mass is 79.9. The number of nitrogens with one attached hydrogen (secondary N) is 1. The van der Waals surface area contributed by atoms with Crippen LogP contribution in [0.1, 0.15) is 22.3 Å². The molecule has 0 bridgehead atoms. The van der Waals surface area contributed by atoms with Gasteiger partial charge in [0.05, 0.1) is 14.2 Å². The van der Waals surface area contributed by atoms with Crippen molar-refractivity contribution in [1.82, 2.24) is 15.1 Å². The third kappa shape index (κ3) is 7.78. The van der Waals surface area contributed by atoms with E-state index < -0.39 is 0 Å². The van der Waals surface area contributed by atoms with Crippen molar-refractivity contribution in [3.05, 3.63) is 87.4 Å². The lowest BCUT2D eigenvalue weighted by Crippen LogP contribution is -2.35. The molecule has 0 saturated carbocycles. The molecule has 2 amide bonds. The lowest BCUT2D eigenvalue weighted by molar-refractivity contribution is -0.116. The van der Waals surface area contributed by atoms with Gasteiger partial charge < -0.3 is 19.7 Å². The fourth-order valence-corrected chi connectivity index (χ4v) is 5.04. The first-order valence-electron chi connectivity index (χ1n) is 12.0. The minimum Gasteiger partial charge on any atom is -0.493 e. The van der Waals surface area contributed by atoms with E-state index in [1.165, 1.54) is 11.3 Å². The molecule has 0 radical (unpaired) electrons. The highest BCUT2D eigenvalue weighted by Gasteiger charge is 2.19. The molecule has 0 atom stereocenters. The zero-order valence-corrected chi connectivity index (χ0v) is 24.5. The molecule has 0 unspecified atom stereocenters. The molecule has 11 heteroatoms. The Morgan fingerprint density at radius 3 is 2.46 bits per heavy atom. The first-order chi connectivity index (χ1) is 18.9. The van der Waals surface area contributed by atoms with Crippen LogP contribution in [-0.4, -0.2) is 54.2 Å². The second-order valence-corrected chi connectivity index (χ2v) is 10.8. The number of hydrogen-bond donors (Lipinski definition) is 1. The number of carbonyl (C=O) groups is 2. The predicted octanol–water partition coefficient (Wildman–Crippen LogP) is 6.35. The van der Waals surface area contributed by atoms with Crippen molar-refractivity contribution < 1.29 is 19.1 Å². The number of aromatic nitrogens is 2.